The lowest BCUT2D eigenvalue weighted by molar-refractivity contribution is 0.408. The fourth-order valence-corrected chi connectivity index (χ4v) is 3.51. The van der Waals surface area contributed by atoms with Crippen LogP contribution in [0.3, 0.4) is 0 Å². The Labute approximate surface area is 127 Å². The molecule has 0 aliphatic carbocycles. The van der Waals surface area contributed by atoms with Crippen molar-refractivity contribution < 1.29 is 0 Å². The molecule has 0 saturated heterocycles. The van der Waals surface area contributed by atoms with Gasteiger partial charge in [-0.05, 0) is 41.8 Å². The molecule has 0 spiro atoms. The molecular weight excluding hydrogens is 262 g/mol. The second kappa shape index (κ2) is 7.61. The summed E-state index contributed by atoms with van der Waals surface area (Å²) in [6.07, 6.45) is 1.18. The number of rotatable bonds is 7. The summed E-state index contributed by atoms with van der Waals surface area (Å²) >= 11 is 1.85. The molecule has 1 aromatic carbocycles. The van der Waals surface area contributed by atoms with E-state index in [0.717, 1.165) is 6.54 Å². The van der Waals surface area contributed by atoms with Gasteiger partial charge in [0.05, 0.1) is 0 Å². The first-order valence-corrected chi connectivity index (χ1v) is 8.38. The van der Waals surface area contributed by atoms with Crippen molar-refractivity contribution in [3.8, 4) is 0 Å². The van der Waals surface area contributed by atoms with Gasteiger partial charge < -0.3 is 5.32 Å². The van der Waals surface area contributed by atoms with E-state index < -0.39 is 0 Å². The normalized spacial score (nSPS) is 14.4. The van der Waals surface area contributed by atoms with Crippen molar-refractivity contribution in [2.75, 3.05) is 6.54 Å². The standard InChI is InChI=1S/C18H25NS/c1-14(2)18(17-10-7-13-20-17)19-12-11-15(3)16-8-5-4-6-9-16/h4-10,13-15,18-19H,11-12H2,1-3H3. The molecule has 2 heteroatoms. The summed E-state index contributed by atoms with van der Waals surface area (Å²) in [5.41, 5.74) is 1.44. The molecule has 108 valence electrons. The third-order valence-corrected chi connectivity index (χ3v) is 4.78. The largest absolute Gasteiger partial charge is 0.309 e. The summed E-state index contributed by atoms with van der Waals surface area (Å²) < 4.78 is 0. The van der Waals surface area contributed by atoms with Gasteiger partial charge in [0, 0.05) is 10.9 Å². The van der Waals surface area contributed by atoms with Crippen LogP contribution in [0.15, 0.2) is 47.8 Å². The average molecular weight is 287 g/mol. The lowest BCUT2D eigenvalue weighted by atomic mass is 9.97. The zero-order valence-corrected chi connectivity index (χ0v) is 13.5. The van der Waals surface area contributed by atoms with E-state index in [1.165, 1.54) is 16.9 Å². The van der Waals surface area contributed by atoms with E-state index in [4.69, 9.17) is 0 Å². The van der Waals surface area contributed by atoms with E-state index in [0.29, 0.717) is 17.9 Å². The zero-order chi connectivity index (χ0) is 14.4. The lowest BCUT2D eigenvalue weighted by Crippen LogP contribution is -2.26. The van der Waals surface area contributed by atoms with Crippen LogP contribution in [-0.2, 0) is 0 Å². The van der Waals surface area contributed by atoms with Crippen LogP contribution < -0.4 is 5.32 Å². The van der Waals surface area contributed by atoms with Crippen molar-refractivity contribution >= 4 is 11.3 Å². The molecule has 0 fully saturated rings. The number of hydrogen-bond acceptors (Lipinski definition) is 2. The third-order valence-electron chi connectivity index (χ3n) is 3.83. The monoisotopic (exact) mass is 287 g/mol. The highest BCUT2D eigenvalue weighted by atomic mass is 32.1. The SMILES string of the molecule is CC(CCNC(c1cccs1)C(C)C)c1ccccc1. The van der Waals surface area contributed by atoms with Gasteiger partial charge in [-0.3, -0.25) is 0 Å². The molecule has 0 bridgehead atoms. The first-order chi connectivity index (χ1) is 9.68. The van der Waals surface area contributed by atoms with Crippen molar-refractivity contribution in [3.05, 3.63) is 58.3 Å². The molecule has 1 nitrogen and oxygen atoms in total. The molecule has 0 aliphatic heterocycles. The molecule has 2 rings (SSSR count). The summed E-state index contributed by atoms with van der Waals surface area (Å²) in [7, 11) is 0. The molecule has 1 aromatic heterocycles. The zero-order valence-electron chi connectivity index (χ0n) is 12.7. The van der Waals surface area contributed by atoms with Gasteiger partial charge in [-0.1, -0.05) is 57.2 Å². The van der Waals surface area contributed by atoms with E-state index in [-0.39, 0.29) is 0 Å². The fourth-order valence-electron chi connectivity index (χ4n) is 2.54. The third kappa shape index (κ3) is 4.19. The molecule has 2 aromatic rings. The Morgan fingerprint density at radius 1 is 1.00 bits per heavy atom. The van der Waals surface area contributed by atoms with Crippen molar-refractivity contribution in [1.29, 1.82) is 0 Å². The molecule has 1 heterocycles. The molecular formula is C18H25NS. The Kier molecular flexibility index (Phi) is 5.81. The highest BCUT2D eigenvalue weighted by molar-refractivity contribution is 7.10. The Balaban J connectivity index is 1.85. The number of thiophene rings is 1. The first-order valence-electron chi connectivity index (χ1n) is 7.50. The van der Waals surface area contributed by atoms with Crippen molar-refractivity contribution in [3.63, 3.8) is 0 Å². The van der Waals surface area contributed by atoms with Gasteiger partial charge in [-0.25, -0.2) is 0 Å². The average Bonchev–Trinajstić information content (AvgIpc) is 2.97. The van der Waals surface area contributed by atoms with Gasteiger partial charge in [-0.15, -0.1) is 11.3 Å². The molecule has 2 unspecified atom stereocenters. The molecule has 0 aliphatic rings. The summed E-state index contributed by atoms with van der Waals surface area (Å²) in [4.78, 5) is 1.45. The summed E-state index contributed by atoms with van der Waals surface area (Å²) in [6, 6.07) is 15.7. The summed E-state index contributed by atoms with van der Waals surface area (Å²) in [5, 5.41) is 5.90. The fraction of sp³-hybridized carbons (Fsp3) is 0.444. The van der Waals surface area contributed by atoms with Crippen molar-refractivity contribution in [2.45, 2.75) is 39.2 Å². The Morgan fingerprint density at radius 2 is 1.75 bits per heavy atom. The van der Waals surface area contributed by atoms with Gasteiger partial charge >= 0.3 is 0 Å². The van der Waals surface area contributed by atoms with E-state index in [2.05, 4.69) is 73.9 Å². The van der Waals surface area contributed by atoms with Gasteiger partial charge in [0.25, 0.3) is 0 Å². The quantitative estimate of drug-likeness (QED) is 0.735. The maximum absolute atomic E-state index is 3.73. The predicted octanol–water partition coefficient (Wildman–Crippen LogP) is 5.23. The van der Waals surface area contributed by atoms with E-state index in [1.807, 2.05) is 11.3 Å². The second-order valence-electron chi connectivity index (χ2n) is 5.79. The number of benzene rings is 1. The van der Waals surface area contributed by atoms with Crippen LogP contribution in [0.25, 0.3) is 0 Å². The Hall–Kier alpha value is -1.12. The second-order valence-corrected chi connectivity index (χ2v) is 6.77. The first kappa shape index (κ1) is 15.3. The Morgan fingerprint density at radius 3 is 2.35 bits per heavy atom. The molecule has 0 saturated carbocycles. The van der Waals surface area contributed by atoms with Crippen LogP contribution in [-0.4, -0.2) is 6.54 Å². The maximum Gasteiger partial charge on any atom is 0.0438 e. The maximum atomic E-state index is 3.73. The molecule has 2 atom stereocenters. The summed E-state index contributed by atoms with van der Waals surface area (Å²) in [5.74, 6) is 1.24. The molecule has 0 amide bonds. The minimum absolute atomic E-state index is 0.484. The van der Waals surface area contributed by atoms with E-state index >= 15 is 0 Å². The van der Waals surface area contributed by atoms with Gasteiger partial charge in [0.1, 0.15) is 0 Å². The highest BCUT2D eigenvalue weighted by Crippen LogP contribution is 2.26. The van der Waals surface area contributed by atoms with Crippen molar-refractivity contribution in [1.82, 2.24) is 5.32 Å². The minimum atomic E-state index is 0.484. The van der Waals surface area contributed by atoms with Crippen LogP contribution in [0.2, 0.25) is 0 Å². The van der Waals surface area contributed by atoms with E-state index in [9.17, 15) is 0 Å². The van der Waals surface area contributed by atoms with Crippen molar-refractivity contribution in [2.24, 2.45) is 5.92 Å². The number of hydrogen-bond donors (Lipinski definition) is 1. The van der Waals surface area contributed by atoms with Gasteiger partial charge in [0.15, 0.2) is 0 Å². The number of nitrogens with one attached hydrogen (secondary N) is 1. The van der Waals surface area contributed by atoms with Crippen LogP contribution in [0.1, 0.15) is 49.6 Å². The minimum Gasteiger partial charge on any atom is -0.309 e. The smallest absolute Gasteiger partial charge is 0.0438 e. The molecule has 1 N–H and O–H groups in total. The lowest BCUT2D eigenvalue weighted by Gasteiger charge is -2.22. The molecule has 0 radical (unpaired) electrons. The van der Waals surface area contributed by atoms with E-state index in [1.54, 1.807) is 0 Å². The highest BCUT2D eigenvalue weighted by Gasteiger charge is 2.16. The van der Waals surface area contributed by atoms with Crippen LogP contribution >= 0.6 is 11.3 Å². The van der Waals surface area contributed by atoms with Gasteiger partial charge in [0.2, 0.25) is 0 Å². The topological polar surface area (TPSA) is 12.0 Å². The summed E-state index contributed by atoms with van der Waals surface area (Å²) in [6.45, 7) is 7.96. The van der Waals surface area contributed by atoms with Crippen LogP contribution in [0.5, 0.6) is 0 Å². The van der Waals surface area contributed by atoms with Gasteiger partial charge in [-0.2, -0.15) is 0 Å². The predicted molar refractivity (Wildman–Crippen MR) is 89.4 cm³/mol. The molecule has 20 heavy (non-hydrogen) atoms. The Bertz CT molecular complexity index is 475. The van der Waals surface area contributed by atoms with Crippen LogP contribution in [0.4, 0.5) is 0 Å². The van der Waals surface area contributed by atoms with Crippen LogP contribution in [0, 0.1) is 5.92 Å².